The molecule has 7 nitrogen and oxygen atoms in total. The zero-order valence-corrected chi connectivity index (χ0v) is 12.2. The Labute approximate surface area is 120 Å². The fourth-order valence-corrected chi connectivity index (χ4v) is 3.07. The third-order valence-electron chi connectivity index (χ3n) is 2.45. The molecule has 0 amide bonds. The van der Waals surface area contributed by atoms with Gasteiger partial charge in [0.15, 0.2) is 5.16 Å². The zero-order valence-electron chi connectivity index (χ0n) is 9.79. The second-order valence-corrected chi connectivity index (χ2v) is 5.40. The Balaban J connectivity index is 2.21. The van der Waals surface area contributed by atoms with Crippen molar-refractivity contribution in [3.05, 3.63) is 48.8 Å². The predicted octanol–water partition coefficient (Wildman–Crippen LogP) is 2.07. The lowest BCUT2D eigenvalue weighted by Gasteiger charge is -2.04. The number of benzene rings is 1. The van der Waals surface area contributed by atoms with E-state index in [-0.39, 0.29) is 11.4 Å². The molecular weight excluding hydrogens is 336 g/mol. The Morgan fingerprint density at radius 2 is 2.32 bits per heavy atom. The molecule has 2 aromatic rings. The first-order chi connectivity index (χ1) is 9.00. The number of hydrogen-bond donors (Lipinski definition) is 1. The minimum absolute atomic E-state index is 0.0222. The third-order valence-corrected chi connectivity index (χ3v) is 4.44. The van der Waals surface area contributed by atoms with Gasteiger partial charge in [0.25, 0.3) is 5.69 Å². The van der Waals surface area contributed by atoms with Gasteiger partial charge in [-0.3, -0.25) is 14.7 Å². The maximum Gasteiger partial charge on any atom is 0.343 e. The molecule has 0 bridgehead atoms. The molecule has 0 aliphatic rings. The van der Waals surface area contributed by atoms with Crippen molar-refractivity contribution >= 4 is 33.4 Å². The summed E-state index contributed by atoms with van der Waals surface area (Å²) >= 11 is 4.55. The fourth-order valence-electron chi connectivity index (χ4n) is 1.42. The average Bonchev–Trinajstić information content (AvgIpc) is 2.68. The van der Waals surface area contributed by atoms with Crippen LogP contribution in [0.5, 0.6) is 0 Å². The molecule has 0 radical (unpaired) electrons. The van der Waals surface area contributed by atoms with Gasteiger partial charge in [-0.15, -0.1) is 5.10 Å². The summed E-state index contributed by atoms with van der Waals surface area (Å²) in [6.45, 7) is 0. The summed E-state index contributed by atoms with van der Waals surface area (Å²) in [7, 11) is 1.61. The molecule has 1 N–H and O–H groups in total. The van der Waals surface area contributed by atoms with Crippen molar-refractivity contribution in [2.45, 2.75) is 10.9 Å². The second-order valence-electron chi connectivity index (χ2n) is 3.67. The summed E-state index contributed by atoms with van der Waals surface area (Å²) in [5, 5.41) is 17.5. The van der Waals surface area contributed by atoms with Crippen LogP contribution >= 0.6 is 27.7 Å². The first-order valence-corrected chi connectivity index (χ1v) is 6.94. The summed E-state index contributed by atoms with van der Waals surface area (Å²) in [6, 6.07) is 4.85. The topological polar surface area (TPSA) is 93.8 Å². The van der Waals surface area contributed by atoms with Gasteiger partial charge in [0.2, 0.25) is 0 Å². The molecule has 9 heteroatoms. The standard InChI is InChI=1S/C10H9BrN4O3S/c1-14-9(16)12-13-10(14)19-5-6-3-2-4-7(8(6)11)15(17)18/h2-4H,5H2,1H3,(H,12,16). The van der Waals surface area contributed by atoms with Gasteiger partial charge in [-0.25, -0.2) is 9.89 Å². The van der Waals surface area contributed by atoms with Crippen LogP contribution in [0.1, 0.15) is 5.56 Å². The number of nitrogens with one attached hydrogen (secondary N) is 1. The van der Waals surface area contributed by atoms with Gasteiger partial charge in [0, 0.05) is 18.9 Å². The van der Waals surface area contributed by atoms with Crippen LogP contribution < -0.4 is 5.69 Å². The number of halogens is 1. The summed E-state index contributed by atoms with van der Waals surface area (Å²) in [5.74, 6) is 0.473. The van der Waals surface area contributed by atoms with Crippen molar-refractivity contribution in [2.24, 2.45) is 7.05 Å². The van der Waals surface area contributed by atoms with Crippen LogP contribution in [0, 0.1) is 10.1 Å². The maximum absolute atomic E-state index is 11.2. The van der Waals surface area contributed by atoms with E-state index in [4.69, 9.17) is 0 Å². The lowest BCUT2D eigenvalue weighted by atomic mass is 10.2. The molecule has 0 unspecified atom stereocenters. The normalized spacial score (nSPS) is 10.6. The zero-order chi connectivity index (χ0) is 14.0. The molecule has 2 rings (SSSR count). The van der Waals surface area contributed by atoms with Gasteiger partial charge < -0.3 is 0 Å². The average molecular weight is 345 g/mol. The highest BCUT2D eigenvalue weighted by Crippen LogP contribution is 2.31. The maximum atomic E-state index is 11.2. The smallest absolute Gasteiger partial charge is 0.273 e. The van der Waals surface area contributed by atoms with E-state index in [2.05, 4.69) is 26.1 Å². The molecule has 19 heavy (non-hydrogen) atoms. The first kappa shape index (κ1) is 13.8. The molecule has 1 heterocycles. The van der Waals surface area contributed by atoms with Crippen LogP contribution in [0.15, 0.2) is 32.6 Å². The third kappa shape index (κ3) is 2.87. The SMILES string of the molecule is Cn1c(SCc2cccc([N+](=O)[O-])c2Br)n[nH]c1=O. The Bertz CT molecular complexity index is 682. The molecule has 1 aromatic carbocycles. The van der Waals surface area contributed by atoms with Crippen molar-refractivity contribution in [3.8, 4) is 0 Å². The van der Waals surface area contributed by atoms with E-state index in [0.29, 0.717) is 15.4 Å². The van der Waals surface area contributed by atoms with Crippen LogP contribution in [-0.2, 0) is 12.8 Å². The molecule has 100 valence electrons. The minimum Gasteiger partial charge on any atom is -0.273 e. The van der Waals surface area contributed by atoms with Crippen molar-refractivity contribution in [2.75, 3.05) is 0 Å². The van der Waals surface area contributed by atoms with Gasteiger partial charge in [0.1, 0.15) is 0 Å². The predicted molar refractivity (Wildman–Crippen MR) is 74.2 cm³/mol. The highest BCUT2D eigenvalue weighted by atomic mass is 79.9. The summed E-state index contributed by atoms with van der Waals surface area (Å²) in [6.07, 6.45) is 0. The summed E-state index contributed by atoms with van der Waals surface area (Å²) in [4.78, 5) is 21.6. The van der Waals surface area contributed by atoms with Crippen molar-refractivity contribution in [1.82, 2.24) is 14.8 Å². The van der Waals surface area contributed by atoms with E-state index < -0.39 is 4.92 Å². The van der Waals surface area contributed by atoms with Gasteiger partial charge in [-0.2, -0.15) is 0 Å². The monoisotopic (exact) mass is 344 g/mol. The molecular formula is C10H9BrN4O3S. The number of aromatic nitrogens is 3. The molecule has 0 fully saturated rings. The van der Waals surface area contributed by atoms with E-state index in [9.17, 15) is 14.9 Å². The quantitative estimate of drug-likeness (QED) is 0.520. The molecule has 1 aromatic heterocycles. The summed E-state index contributed by atoms with van der Waals surface area (Å²) in [5.41, 5.74) is 0.504. The van der Waals surface area contributed by atoms with E-state index >= 15 is 0 Å². The van der Waals surface area contributed by atoms with Gasteiger partial charge >= 0.3 is 5.69 Å². The molecule has 0 atom stereocenters. The second kappa shape index (κ2) is 5.57. The molecule has 0 saturated heterocycles. The molecule has 0 spiro atoms. The number of nitro groups is 1. The Hall–Kier alpha value is -1.61. The van der Waals surface area contributed by atoms with Gasteiger partial charge in [0.05, 0.1) is 9.40 Å². The largest absolute Gasteiger partial charge is 0.343 e. The lowest BCUT2D eigenvalue weighted by Crippen LogP contribution is -2.12. The minimum atomic E-state index is -0.442. The van der Waals surface area contributed by atoms with E-state index in [1.807, 2.05) is 0 Å². The summed E-state index contributed by atoms with van der Waals surface area (Å²) < 4.78 is 1.84. The number of rotatable bonds is 4. The molecule has 0 saturated carbocycles. The van der Waals surface area contributed by atoms with Crippen molar-refractivity contribution in [3.63, 3.8) is 0 Å². The first-order valence-electron chi connectivity index (χ1n) is 5.16. The van der Waals surface area contributed by atoms with E-state index in [1.54, 1.807) is 19.2 Å². The van der Waals surface area contributed by atoms with Gasteiger partial charge in [-0.05, 0) is 21.5 Å². The van der Waals surface area contributed by atoms with Crippen molar-refractivity contribution in [1.29, 1.82) is 0 Å². The number of aromatic amines is 1. The Morgan fingerprint density at radius 3 is 2.89 bits per heavy atom. The molecule has 0 aliphatic heterocycles. The van der Waals surface area contributed by atoms with E-state index in [0.717, 1.165) is 5.56 Å². The highest BCUT2D eigenvalue weighted by Gasteiger charge is 2.15. The van der Waals surface area contributed by atoms with E-state index in [1.165, 1.54) is 22.4 Å². The van der Waals surface area contributed by atoms with Crippen LogP contribution in [0.2, 0.25) is 0 Å². The number of thioether (sulfide) groups is 1. The van der Waals surface area contributed by atoms with Crippen LogP contribution in [-0.4, -0.2) is 19.7 Å². The Morgan fingerprint density at radius 1 is 1.58 bits per heavy atom. The van der Waals surface area contributed by atoms with Crippen LogP contribution in [0.3, 0.4) is 0 Å². The highest BCUT2D eigenvalue weighted by molar-refractivity contribution is 9.10. The van der Waals surface area contributed by atoms with Crippen LogP contribution in [0.25, 0.3) is 0 Å². The molecule has 0 aliphatic carbocycles. The lowest BCUT2D eigenvalue weighted by molar-refractivity contribution is -0.385. The number of nitro benzene ring substituents is 1. The van der Waals surface area contributed by atoms with Crippen LogP contribution in [0.4, 0.5) is 5.69 Å². The van der Waals surface area contributed by atoms with Crippen molar-refractivity contribution < 1.29 is 4.92 Å². The fraction of sp³-hybridized carbons (Fsp3) is 0.200. The van der Waals surface area contributed by atoms with Gasteiger partial charge in [-0.1, -0.05) is 23.9 Å². The number of nitrogens with zero attached hydrogens (tertiary/aromatic N) is 3. The Kier molecular flexibility index (Phi) is 4.05. The number of hydrogen-bond acceptors (Lipinski definition) is 5. The number of H-pyrrole nitrogens is 1.